The Morgan fingerprint density at radius 1 is 1.20 bits per heavy atom. The van der Waals surface area contributed by atoms with Crippen molar-refractivity contribution in [2.45, 2.75) is 24.3 Å². The van der Waals surface area contributed by atoms with Gasteiger partial charge in [0, 0.05) is 42.6 Å². The van der Waals surface area contributed by atoms with Crippen LogP contribution in [0.2, 0.25) is 0 Å². The second kappa shape index (κ2) is 7.60. The molecule has 1 aromatic carbocycles. The van der Waals surface area contributed by atoms with Crippen LogP contribution < -0.4 is 0 Å². The van der Waals surface area contributed by atoms with E-state index in [9.17, 15) is 13.2 Å². The van der Waals surface area contributed by atoms with E-state index >= 15 is 0 Å². The summed E-state index contributed by atoms with van der Waals surface area (Å²) in [4.78, 5) is 17.4. The largest absolute Gasteiger partial charge is 0.465 e. The van der Waals surface area contributed by atoms with Gasteiger partial charge in [0.2, 0.25) is 0 Å². The van der Waals surface area contributed by atoms with Crippen molar-refractivity contribution >= 4 is 32.4 Å². The van der Waals surface area contributed by atoms with Crippen LogP contribution in [-0.2, 0) is 9.84 Å². The Morgan fingerprint density at radius 3 is 2.60 bits per heavy atom. The van der Waals surface area contributed by atoms with Gasteiger partial charge in [0.15, 0.2) is 9.84 Å². The van der Waals surface area contributed by atoms with E-state index in [0.717, 1.165) is 27.7 Å². The number of benzene rings is 1. The van der Waals surface area contributed by atoms with Gasteiger partial charge >= 0.3 is 6.09 Å². The van der Waals surface area contributed by atoms with Crippen LogP contribution in [0.15, 0.2) is 59.8 Å². The Labute approximate surface area is 175 Å². The molecule has 1 aliphatic rings. The van der Waals surface area contributed by atoms with Gasteiger partial charge in [-0.1, -0.05) is 12.1 Å². The average Bonchev–Trinajstić information content (AvgIpc) is 3.16. The van der Waals surface area contributed by atoms with Crippen molar-refractivity contribution in [2.75, 3.05) is 19.3 Å². The third-order valence-corrected chi connectivity index (χ3v) is 6.71. The predicted octanol–water partition coefficient (Wildman–Crippen LogP) is 3.82. The van der Waals surface area contributed by atoms with Crippen molar-refractivity contribution in [3.8, 4) is 0 Å². The molecule has 3 aromatic rings. The summed E-state index contributed by atoms with van der Waals surface area (Å²) in [6.07, 6.45) is 6.71. The molecule has 0 saturated carbocycles. The molecule has 0 aliphatic carbocycles. The zero-order valence-corrected chi connectivity index (χ0v) is 17.6. The molecule has 0 spiro atoms. The van der Waals surface area contributed by atoms with E-state index in [2.05, 4.69) is 16.5 Å². The summed E-state index contributed by atoms with van der Waals surface area (Å²) in [5.41, 5.74) is 3.96. The normalized spacial score (nSPS) is 15.8. The summed E-state index contributed by atoms with van der Waals surface area (Å²) < 4.78 is 25.7. The van der Waals surface area contributed by atoms with Crippen LogP contribution in [0.25, 0.3) is 16.5 Å². The van der Waals surface area contributed by atoms with E-state index < -0.39 is 15.9 Å². The summed E-state index contributed by atoms with van der Waals surface area (Å²) >= 11 is 0. The van der Waals surface area contributed by atoms with Crippen molar-refractivity contribution in [3.63, 3.8) is 0 Å². The Balaban J connectivity index is 1.57. The molecule has 0 saturated heterocycles. The number of fused-ring (bicyclic) bond motifs is 1. The fraction of sp³-hybridized carbons (Fsp3) is 0.273. The van der Waals surface area contributed by atoms with E-state index in [0.29, 0.717) is 24.4 Å². The highest BCUT2D eigenvalue weighted by Crippen LogP contribution is 2.27. The lowest BCUT2D eigenvalue weighted by Gasteiger charge is -2.24. The number of pyridine rings is 1. The highest BCUT2D eigenvalue weighted by Gasteiger charge is 2.18. The fourth-order valence-corrected chi connectivity index (χ4v) is 4.46. The zero-order chi connectivity index (χ0) is 21.5. The molecule has 7 nitrogen and oxygen atoms in total. The van der Waals surface area contributed by atoms with Gasteiger partial charge in [-0.3, -0.25) is 4.98 Å². The topological polar surface area (TPSA) is 92.5 Å². The molecule has 4 rings (SSSR count). The van der Waals surface area contributed by atoms with Crippen LogP contribution in [0.5, 0.6) is 0 Å². The highest BCUT2D eigenvalue weighted by atomic mass is 32.2. The quantitative estimate of drug-likeness (QED) is 0.686. The number of hydrogen-bond donors (Lipinski definition) is 1. The van der Waals surface area contributed by atoms with E-state index in [-0.39, 0.29) is 6.04 Å². The minimum Gasteiger partial charge on any atom is -0.465 e. The number of aromatic nitrogens is 2. The molecule has 3 heterocycles. The van der Waals surface area contributed by atoms with E-state index in [1.807, 2.05) is 42.7 Å². The number of nitrogens with zero attached hydrogens (tertiary/aromatic N) is 3. The van der Waals surface area contributed by atoms with E-state index in [1.165, 1.54) is 11.2 Å². The summed E-state index contributed by atoms with van der Waals surface area (Å²) in [5.74, 6) is 0. The summed E-state index contributed by atoms with van der Waals surface area (Å²) in [6, 6.07) is 11.1. The van der Waals surface area contributed by atoms with E-state index in [1.54, 1.807) is 12.1 Å². The lowest BCUT2D eigenvalue weighted by molar-refractivity contribution is 0.150. The molecule has 1 unspecified atom stereocenters. The van der Waals surface area contributed by atoms with Gasteiger partial charge in [-0.25, -0.2) is 13.2 Å². The van der Waals surface area contributed by atoms with Gasteiger partial charge in [0.25, 0.3) is 0 Å². The van der Waals surface area contributed by atoms with Crippen molar-refractivity contribution in [1.29, 1.82) is 0 Å². The number of hydrogen-bond acceptors (Lipinski definition) is 4. The monoisotopic (exact) mass is 425 g/mol. The lowest BCUT2D eigenvalue weighted by atomic mass is 10.0. The minimum atomic E-state index is -3.24. The van der Waals surface area contributed by atoms with Crippen LogP contribution >= 0.6 is 0 Å². The molecule has 1 N–H and O–H groups in total. The van der Waals surface area contributed by atoms with Crippen molar-refractivity contribution in [3.05, 3.63) is 66.1 Å². The minimum absolute atomic E-state index is 0.0246. The molecular weight excluding hydrogens is 402 g/mol. The maximum atomic E-state index is 11.8. The van der Waals surface area contributed by atoms with E-state index in [4.69, 9.17) is 5.11 Å². The fourth-order valence-electron chi connectivity index (χ4n) is 3.80. The summed E-state index contributed by atoms with van der Waals surface area (Å²) in [7, 11) is -3.24. The predicted molar refractivity (Wildman–Crippen MR) is 115 cm³/mol. The summed E-state index contributed by atoms with van der Waals surface area (Å²) in [6.45, 7) is 2.94. The van der Waals surface area contributed by atoms with Gasteiger partial charge in [0.05, 0.1) is 16.6 Å². The highest BCUT2D eigenvalue weighted by molar-refractivity contribution is 7.90. The second-order valence-electron chi connectivity index (χ2n) is 7.57. The first kappa shape index (κ1) is 20.2. The first-order valence-electron chi connectivity index (χ1n) is 9.68. The van der Waals surface area contributed by atoms with Gasteiger partial charge in [-0.05, 0) is 54.8 Å². The molecule has 156 valence electrons. The zero-order valence-electron chi connectivity index (χ0n) is 16.8. The molecule has 0 bridgehead atoms. The van der Waals surface area contributed by atoms with Crippen LogP contribution in [0.3, 0.4) is 0 Å². The molecular formula is C22H23N3O4S. The van der Waals surface area contributed by atoms with Crippen LogP contribution in [0, 0.1) is 0 Å². The Hall–Kier alpha value is -3.13. The maximum Gasteiger partial charge on any atom is 0.407 e. The SMILES string of the molecule is CC(c1ccc(C2=CCN(C(=O)O)CC2)cn1)n1ccc2cc(S(C)(=O)=O)ccc21. The summed E-state index contributed by atoms with van der Waals surface area (Å²) in [5, 5.41) is 9.94. The van der Waals surface area contributed by atoms with Crippen molar-refractivity contribution in [1.82, 2.24) is 14.5 Å². The van der Waals surface area contributed by atoms with Crippen molar-refractivity contribution in [2.24, 2.45) is 0 Å². The first-order chi connectivity index (χ1) is 14.2. The van der Waals surface area contributed by atoms with Crippen molar-refractivity contribution < 1.29 is 18.3 Å². The second-order valence-corrected chi connectivity index (χ2v) is 9.59. The molecule has 2 aromatic heterocycles. The first-order valence-corrected chi connectivity index (χ1v) is 11.6. The molecule has 1 atom stereocenters. The molecule has 8 heteroatoms. The number of rotatable bonds is 4. The number of sulfone groups is 1. The Kier molecular flexibility index (Phi) is 5.11. The maximum absolute atomic E-state index is 11.8. The van der Waals surface area contributed by atoms with Crippen LogP contribution in [0.4, 0.5) is 4.79 Å². The molecule has 1 amide bonds. The van der Waals surface area contributed by atoms with Crippen LogP contribution in [-0.4, -0.2) is 53.4 Å². The van der Waals surface area contributed by atoms with Gasteiger partial charge < -0.3 is 14.6 Å². The van der Waals surface area contributed by atoms with Gasteiger partial charge in [-0.15, -0.1) is 0 Å². The molecule has 0 fully saturated rings. The molecule has 30 heavy (non-hydrogen) atoms. The van der Waals surface area contributed by atoms with Gasteiger partial charge in [-0.2, -0.15) is 0 Å². The average molecular weight is 426 g/mol. The molecule has 0 radical (unpaired) electrons. The third-order valence-electron chi connectivity index (χ3n) is 5.60. The smallest absolute Gasteiger partial charge is 0.407 e. The Bertz CT molecular complexity index is 1240. The molecule has 1 aliphatic heterocycles. The lowest BCUT2D eigenvalue weighted by Crippen LogP contribution is -2.33. The number of amides is 1. The Morgan fingerprint density at radius 2 is 2.00 bits per heavy atom. The van der Waals surface area contributed by atoms with Crippen LogP contribution in [0.1, 0.15) is 30.6 Å². The third kappa shape index (κ3) is 3.82. The number of carbonyl (C=O) groups is 1. The standard InChI is InChI=1S/C22H23N3O4S/c1-15(25-12-9-17-13-19(30(2,28)29)4-6-21(17)25)20-5-3-18(14-23-20)16-7-10-24(11-8-16)22(26)27/h3-7,9,12-15H,8,10-11H2,1-2H3,(H,26,27). The number of carboxylic acid groups (broad SMARTS) is 1. The van der Waals surface area contributed by atoms with Gasteiger partial charge in [0.1, 0.15) is 0 Å².